The lowest BCUT2D eigenvalue weighted by atomic mass is 10.0. The number of carbonyl (C=O) groups excluding carboxylic acids is 1. The molecule has 0 bridgehead atoms. The normalized spacial score (nSPS) is 16.5. The number of esters is 1. The number of carbonyl (C=O) groups is 1. The minimum Gasteiger partial charge on any atom is -0.468 e. The molecule has 140 valence electrons. The third-order valence-electron chi connectivity index (χ3n) is 4.89. The summed E-state index contributed by atoms with van der Waals surface area (Å²) in [5.74, 6) is -0.288. The van der Waals surface area contributed by atoms with E-state index in [2.05, 4.69) is 15.9 Å². The number of halogens is 1. The molecule has 1 fully saturated rings. The molecule has 2 aromatic carbocycles. The molecule has 0 radical (unpaired) electrons. The summed E-state index contributed by atoms with van der Waals surface area (Å²) in [4.78, 5) is 16.9. The number of piperazine rings is 1. The highest BCUT2D eigenvalue weighted by Gasteiger charge is 2.32. The van der Waals surface area contributed by atoms with Crippen molar-refractivity contribution in [3.8, 4) is 6.07 Å². The van der Waals surface area contributed by atoms with E-state index in [1.807, 2.05) is 42.5 Å². The van der Waals surface area contributed by atoms with Gasteiger partial charge in [0.15, 0.2) is 0 Å². The maximum Gasteiger partial charge on any atom is 0.327 e. The summed E-state index contributed by atoms with van der Waals surface area (Å²) in [7, 11) is 1.41. The second kappa shape index (κ2) is 9.01. The highest BCUT2D eigenvalue weighted by molar-refractivity contribution is 6.31. The van der Waals surface area contributed by atoms with E-state index in [9.17, 15) is 4.79 Å². The van der Waals surface area contributed by atoms with E-state index >= 15 is 0 Å². The predicted octanol–water partition coefficient (Wildman–Crippen LogP) is 3.24. The molecule has 6 heteroatoms. The van der Waals surface area contributed by atoms with Crippen LogP contribution in [-0.2, 0) is 16.1 Å². The number of ether oxygens (including phenoxy) is 1. The first-order chi connectivity index (χ1) is 13.1. The third-order valence-corrected chi connectivity index (χ3v) is 5.23. The van der Waals surface area contributed by atoms with E-state index in [1.54, 1.807) is 6.07 Å². The smallest absolute Gasteiger partial charge is 0.327 e. The Morgan fingerprint density at radius 1 is 1.15 bits per heavy atom. The summed E-state index contributed by atoms with van der Waals surface area (Å²) in [6.07, 6.45) is 0. The fraction of sp³-hybridized carbons (Fsp3) is 0.333. The Morgan fingerprint density at radius 2 is 1.81 bits per heavy atom. The number of hydrogen-bond acceptors (Lipinski definition) is 5. The van der Waals surface area contributed by atoms with Crippen molar-refractivity contribution in [1.29, 1.82) is 5.26 Å². The van der Waals surface area contributed by atoms with Crippen molar-refractivity contribution < 1.29 is 9.53 Å². The number of methoxy groups -OCH3 is 1. The molecule has 0 spiro atoms. The molecule has 1 saturated heterocycles. The van der Waals surface area contributed by atoms with Crippen LogP contribution in [0.1, 0.15) is 22.7 Å². The predicted molar refractivity (Wildman–Crippen MR) is 104 cm³/mol. The van der Waals surface area contributed by atoms with Crippen LogP contribution in [0.3, 0.4) is 0 Å². The molecule has 3 rings (SSSR count). The maximum atomic E-state index is 12.4. The molecule has 27 heavy (non-hydrogen) atoms. The molecular formula is C21H22ClN3O2. The van der Waals surface area contributed by atoms with Crippen LogP contribution in [0.25, 0.3) is 0 Å². The highest BCUT2D eigenvalue weighted by atomic mass is 35.5. The Hall–Kier alpha value is -2.39. The standard InChI is InChI=1S/C21H22ClN3O2/c1-27-21(26)20(18-4-2-3-5-19(18)22)25-12-10-24(11-13-25)15-17-8-6-16(14-23)7-9-17/h2-9,20H,10-13,15H2,1H3/t20-/m1/s1. The zero-order valence-electron chi connectivity index (χ0n) is 15.3. The average molecular weight is 384 g/mol. The molecule has 0 aliphatic carbocycles. The molecule has 0 aromatic heterocycles. The van der Waals surface area contributed by atoms with Crippen molar-refractivity contribution in [3.63, 3.8) is 0 Å². The van der Waals surface area contributed by atoms with Crippen LogP contribution in [0.5, 0.6) is 0 Å². The van der Waals surface area contributed by atoms with Gasteiger partial charge in [-0.05, 0) is 29.3 Å². The first kappa shape index (κ1) is 19.4. The molecule has 1 heterocycles. The monoisotopic (exact) mass is 383 g/mol. The van der Waals surface area contributed by atoms with Crippen LogP contribution >= 0.6 is 11.6 Å². The van der Waals surface area contributed by atoms with Crippen molar-refractivity contribution in [2.45, 2.75) is 12.6 Å². The van der Waals surface area contributed by atoms with Crippen LogP contribution in [0.2, 0.25) is 5.02 Å². The molecule has 1 atom stereocenters. The first-order valence-electron chi connectivity index (χ1n) is 8.90. The molecule has 0 N–H and O–H groups in total. The SMILES string of the molecule is COC(=O)[C@@H](c1ccccc1Cl)N1CCN(Cc2ccc(C#N)cc2)CC1. The van der Waals surface area contributed by atoms with Gasteiger partial charge in [0.2, 0.25) is 0 Å². The zero-order valence-corrected chi connectivity index (χ0v) is 16.0. The second-order valence-corrected chi connectivity index (χ2v) is 6.98. The third kappa shape index (κ3) is 4.67. The molecule has 5 nitrogen and oxygen atoms in total. The van der Waals surface area contributed by atoms with Crippen molar-refractivity contribution in [2.75, 3.05) is 33.3 Å². The Labute approximate surface area is 164 Å². The van der Waals surface area contributed by atoms with E-state index in [-0.39, 0.29) is 5.97 Å². The lowest BCUT2D eigenvalue weighted by Crippen LogP contribution is -2.49. The van der Waals surface area contributed by atoms with Gasteiger partial charge in [-0.3, -0.25) is 9.80 Å². The van der Waals surface area contributed by atoms with Crippen LogP contribution in [-0.4, -0.2) is 49.1 Å². The number of hydrogen-bond donors (Lipinski definition) is 0. The summed E-state index contributed by atoms with van der Waals surface area (Å²) in [6.45, 7) is 4.02. The van der Waals surface area contributed by atoms with Gasteiger partial charge in [-0.2, -0.15) is 5.26 Å². The number of nitriles is 1. The zero-order chi connectivity index (χ0) is 19.2. The van der Waals surface area contributed by atoms with Gasteiger partial charge < -0.3 is 4.74 Å². The Morgan fingerprint density at radius 3 is 2.41 bits per heavy atom. The van der Waals surface area contributed by atoms with Crippen LogP contribution in [0, 0.1) is 11.3 Å². The van der Waals surface area contributed by atoms with Crippen molar-refractivity contribution >= 4 is 17.6 Å². The molecule has 1 aliphatic rings. The maximum absolute atomic E-state index is 12.4. The quantitative estimate of drug-likeness (QED) is 0.742. The average Bonchev–Trinajstić information content (AvgIpc) is 2.71. The van der Waals surface area contributed by atoms with Gasteiger partial charge in [-0.15, -0.1) is 0 Å². The van der Waals surface area contributed by atoms with Crippen LogP contribution in [0.4, 0.5) is 0 Å². The molecule has 0 unspecified atom stereocenters. The van der Waals surface area contributed by atoms with Crippen molar-refractivity contribution in [1.82, 2.24) is 9.80 Å². The number of rotatable bonds is 5. The van der Waals surface area contributed by atoms with Crippen molar-refractivity contribution in [2.24, 2.45) is 0 Å². The Balaban J connectivity index is 1.66. The van der Waals surface area contributed by atoms with E-state index < -0.39 is 6.04 Å². The van der Waals surface area contributed by atoms with E-state index in [4.69, 9.17) is 21.6 Å². The fourth-order valence-corrected chi connectivity index (χ4v) is 3.64. The summed E-state index contributed by atoms with van der Waals surface area (Å²) < 4.78 is 5.04. The minimum atomic E-state index is -0.485. The largest absolute Gasteiger partial charge is 0.468 e. The first-order valence-corrected chi connectivity index (χ1v) is 9.28. The van der Waals surface area contributed by atoms with E-state index in [0.29, 0.717) is 10.6 Å². The van der Waals surface area contributed by atoms with E-state index in [1.165, 1.54) is 12.7 Å². The number of benzene rings is 2. The van der Waals surface area contributed by atoms with Gasteiger partial charge in [0.1, 0.15) is 6.04 Å². The van der Waals surface area contributed by atoms with E-state index in [0.717, 1.165) is 38.3 Å². The molecule has 0 saturated carbocycles. The summed E-state index contributed by atoms with van der Waals surface area (Å²) in [5.41, 5.74) is 2.63. The van der Waals surface area contributed by atoms with Gasteiger partial charge in [-0.1, -0.05) is 41.9 Å². The molecular weight excluding hydrogens is 362 g/mol. The topological polar surface area (TPSA) is 56.6 Å². The van der Waals surface area contributed by atoms with Gasteiger partial charge in [-0.25, -0.2) is 4.79 Å². The van der Waals surface area contributed by atoms with Crippen molar-refractivity contribution in [3.05, 3.63) is 70.2 Å². The van der Waals surface area contributed by atoms with Gasteiger partial charge in [0, 0.05) is 37.7 Å². The summed E-state index contributed by atoms with van der Waals surface area (Å²) in [6, 6.07) is 16.7. The fourth-order valence-electron chi connectivity index (χ4n) is 3.40. The van der Waals surface area contributed by atoms with Crippen LogP contribution < -0.4 is 0 Å². The second-order valence-electron chi connectivity index (χ2n) is 6.57. The van der Waals surface area contributed by atoms with Gasteiger partial charge >= 0.3 is 5.97 Å². The lowest BCUT2D eigenvalue weighted by molar-refractivity contribution is -0.148. The summed E-state index contributed by atoms with van der Waals surface area (Å²) >= 11 is 6.33. The minimum absolute atomic E-state index is 0.288. The summed E-state index contributed by atoms with van der Waals surface area (Å²) in [5, 5.41) is 9.47. The molecule has 1 aliphatic heterocycles. The lowest BCUT2D eigenvalue weighted by Gasteiger charge is -2.38. The molecule has 2 aromatic rings. The van der Waals surface area contributed by atoms with Gasteiger partial charge in [0.25, 0.3) is 0 Å². The number of nitrogens with zero attached hydrogens (tertiary/aromatic N) is 3. The van der Waals surface area contributed by atoms with Crippen LogP contribution in [0.15, 0.2) is 48.5 Å². The highest BCUT2D eigenvalue weighted by Crippen LogP contribution is 2.29. The molecule has 0 amide bonds. The Kier molecular flexibility index (Phi) is 6.46. The van der Waals surface area contributed by atoms with Gasteiger partial charge in [0.05, 0.1) is 18.7 Å². The Bertz CT molecular complexity index is 824.